The van der Waals surface area contributed by atoms with E-state index in [1.54, 1.807) is 24.3 Å². The maximum Gasteiger partial charge on any atom is 0.274 e. The first-order valence-electron chi connectivity index (χ1n) is 7.97. The third kappa shape index (κ3) is 4.00. The lowest BCUT2D eigenvalue weighted by atomic mass is 10.2. The van der Waals surface area contributed by atoms with Gasteiger partial charge >= 0.3 is 0 Å². The minimum atomic E-state index is -0.350. The van der Waals surface area contributed by atoms with Crippen molar-refractivity contribution >= 4 is 33.4 Å². The molecule has 1 saturated carbocycles. The van der Waals surface area contributed by atoms with Gasteiger partial charge in [-0.1, -0.05) is 31.0 Å². The van der Waals surface area contributed by atoms with Crippen molar-refractivity contribution in [1.29, 1.82) is 0 Å². The minimum absolute atomic E-state index is 0.213. The average Bonchev–Trinajstić information content (AvgIpc) is 3.10. The molecule has 1 aromatic carbocycles. The lowest BCUT2D eigenvalue weighted by Crippen LogP contribution is -2.33. The molecular formula is C18H18BrN3O2. The van der Waals surface area contributed by atoms with Crippen LogP contribution >= 0.6 is 15.9 Å². The molecule has 0 atom stereocenters. The number of carbonyl (C=O) groups is 2. The van der Waals surface area contributed by atoms with Crippen molar-refractivity contribution in [3.05, 3.63) is 58.3 Å². The summed E-state index contributed by atoms with van der Waals surface area (Å²) in [5.41, 5.74) is 1.14. The number of nitrogens with zero attached hydrogens (tertiary/aromatic N) is 1. The Morgan fingerprint density at radius 3 is 2.33 bits per heavy atom. The fourth-order valence-electron chi connectivity index (χ4n) is 2.77. The molecule has 1 aliphatic carbocycles. The number of rotatable bonds is 4. The van der Waals surface area contributed by atoms with Crippen LogP contribution in [0, 0.1) is 0 Å². The zero-order chi connectivity index (χ0) is 16.9. The highest BCUT2D eigenvalue weighted by Crippen LogP contribution is 2.22. The lowest BCUT2D eigenvalue weighted by molar-refractivity contribution is 0.0932. The summed E-state index contributed by atoms with van der Waals surface area (Å²) in [5.74, 6) is -0.574. The van der Waals surface area contributed by atoms with Crippen LogP contribution in [-0.4, -0.2) is 22.8 Å². The number of hydrogen-bond acceptors (Lipinski definition) is 3. The summed E-state index contributed by atoms with van der Waals surface area (Å²) in [6, 6.07) is 12.4. The van der Waals surface area contributed by atoms with Crippen molar-refractivity contribution in [1.82, 2.24) is 10.3 Å². The number of halogens is 1. The number of benzene rings is 1. The second-order valence-electron chi connectivity index (χ2n) is 5.80. The smallest absolute Gasteiger partial charge is 0.274 e. The van der Waals surface area contributed by atoms with Crippen LogP contribution in [0.4, 0.5) is 5.69 Å². The van der Waals surface area contributed by atoms with Crippen LogP contribution in [0.15, 0.2) is 46.9 Å². The predicted octanol–water partition coefficient (Wildman–Crippen LogP) is 3.77. The van der Waals surface area contributed by atoms with Gasteiger partial charge in [-0.2, -0.15) is 0 Å². The van der Waals surface area contributed by atoms with E-state index in [9.17, 15) is 9.59 Å². The molecule has 2 aromatic rings. The molecule has 2 N–H and O–H groups in total. The zero-order valence-corrected chi connectivity index (χ0v) is 14.7. The first kappa shape index (κ1) is 16.6. The minimum Gasteiger partial charge on any atom is -0.348 e. The van der Waals surface area contributed by atoms with E-state index in [1.807, 2.05) is 18.2 Å². The van der Waals surface area contributed by atoms with Crippen LogP contribution in [0.2, 0.25) is 0 Å². The Labute approximate surface area is 149 Å². The van der Waals surface area contributed by atoms with Crippen LogP contribution in [0.1, 0.15) is 46.7 Å². The molecule has 0 unspecified atom stereocenters. The van der Waals surface area contributed by atoms with Gasteiger partial charge in [0.25, 0.3) is 11.8 Å². The van der Waals surface area contributed by atoms with Gasteiger partial charge in [0.15, 0.2) is 0 Å². The lowest BCUT2D eigenvalue weighted by Gasteiger charge is -2.12. The molecule has 124 valence electrons. The largest absolute Gasteiger partial charge is 0.348 e. The van der Waals surface area contributed by atoms with Crippen molar-refractivity contribution < 1.29 is 9.59 Å². The zero-order valence-electron chi connectivity index (χ0n) is 13.1. The maximum absolute atomic E-state index is 12.4. The molecule has 2 amide bonds. The number of nitrogens with one attached hydrogen (secondary N) is 2. The Bertz CT molecular complexity index is 757. The molecule has 1 aliphatic rings. The predicted molar refractivity (Wildman–Crippen MR) is 96.1 cm³/mol. The Balaban J connectivity index is 1.71. The molecule has 0 bridgehead atoms. The first-order chi connectivity index (χ1) is 11.6. The van der Waals surface area contributed by atoms with Gasteiger partial charge in [-0.25, -0.2) is 4.98 Å². The highest BCUT2D eigenvalue weighted by molar-refractivity contribution is 9.10. The van der Waals surface area contributed by atoms with Gasteiger partial charge in [-0.15, -0.1) is 0 Å². The van der Waals surface area contributed by atoms with Gasteiger partial charge in [0.05, 0.1) is 5.69 Å². The maximum atomic E-state index is 12.4. The van der Waals surface area contributed by atoms with Crippen molar-refractivity contribution in [2.75, 3.05) is 5.32 Å². The number of hydrogen-bond donors (Lipinski definition) is 2. The molecule has 24 heavy (non-hydrogen) atoms. The number of para-hydroxylation sites is 1. The third-order valence-corrected chi connectivity index (χ3v) is 4.72. The molecule has 0 spiro atoms. The van der Waals surface area contributed by atoms with E-state index >= 15 is 0 Å². The van der Waals surface area contributed by atoms with E-state index in [0.717, 1.165) is 30.2 Å². The van der Waals surface area contributed by atoms with Gasteiger partial charge in [-0.3, -0.25) is 9.59 Å². The summed E-state index contributed by atoms with van der Waals surface area (Å²) in [6.45, 7) is 0. The number of pyridine rings is 1. The molecule has 0 radical (unpaired) electrons. The van der Waals surface area contributed by atoms with Crippen LogP contribution in [0.5, 0.6) is 0 Å². The Kier molecular flexibility index (Phi) is 5.25. The van der Waals surface area contributed by atoms with E-state index in [0.29, 0.717) is 5.69 Å². The SMILES string of the molecule is O=C(Nc1ccccc1Br)c1cccc(C(=O)NC2CCCC2)n1. The van der Waals surface area contributed by atoms with E-state index in [-0.39, 0.29) is 29.2 Å². The average molecular weight is 388 g/mol. The van der Waals surface area contributed by atoms with Crippen LogP contribution in [-0.2, 0) is 0 Å². The molecule has 1 fully saturated rings. The number of aromatic nitrogens is 1. The van der Waals surface area contributed by atoms with Crippen LogP contribution < -0.4 is 10.6 Å². The molecule has 3 rings (SSSR count). The highest BCUT2D eigenvalue weighted by Gasteiger charge is 2.19. The summed E-state index contributed by atoms with van der Waals surface area (Å²) in [4.78, 5) is 28.8. The van der Waals surface area contributed by atoms with Crippen molar-refractivity contribution in [3.63, 3.8) is 0 Å². The van der Waals surface area contributed by atoms with Crippen molar-refractivity contribution in [2.45, 2.75) is 31.7 Å². The van der Waals surface area contributed by atoms with E-state index in [4.69, 9.17) is 0 Å². The normalized spacial score (nSPS) is 14.4. The Morgan fingerprint density at radius 2 is 1.62 bits per heavy atom. The second-order valence-corrected chi connectivity index (χ2v) is 6.65. The fraction of sp³-hybridized carbons (Fsp3) is 0.278. The molecular weight excluding hydrogens is 370 g/mol. The van der Waals surface area contributed by atoms with Gasteiger partial charge in [0.1, 0.15) is 11.4 Å². The molecule has 6 heteroatoms. The number of amides is 2. The summed E-state index contributed by atoms with van der Waals surface area (Å²) < 4.78 is 0.786. The summed E-state index contributed by atoms with van der Waals surface area (Å²) in [7, 11) is 0. The fourth-order valence-corrected chi connectivity index (χ4v) is 3.15. The molecule has 0 aliphatic heterocycles. The van der Waals surface area contributed by atoms with E-state index in [2.05, 4.69) is 31.5 Å². The third-order valence-electron chi connectivity index (χ3n) is 4.03. The first-order valence-corrected chi connectivity index (χ1v) is 8.76. The quantitative estimate of drug-likeness (QED) is 0.838. The molecule has 0 saturated heterocycles. The monoisotopic (exact) mass is 387 g/mol. The molecule has 1 heterocycles. The molecule has 1 aromatic heterocycles. The molecule has 5 nitrogen and oxygen atoms in total. The standard InChI is InChI=1S/C18H18BrN3O2/c19-13-8-3-4-9-14(13)22-18(24)16-11-5-10-15(21-16)17(23)20-12-6-1-2-7-12/h3-5,8-12H,1-2,6-7H2,(H,20,23)(H,22,24). The summed E-state index contributed by atoms with van der Waals surface area (Å²) in [5, 5.41) is 5.77. The van der Waals surface area contributed by atoms with Gasteiger partial charge < -0.3 is 10.6 Å². The number of carbonyl (C=O) groups excluding carboxylic acids is 2. The van der Waals surface area contributed by atoms with Gasteiger partial charge in [0.2, 0.25) is 0 Å². The van der Waals surface area contributed by atoms with Crippen LogP contribution in [0.25, 0.3) is 0 Å². The van der Waals surface area contributed by atoms with Gasteiger partial charge in [-0.05, 0) is 53.0 Å². The number of anilines is 1. The topological polar surface area (TPSA) is 71.1 Å². The summed E-state index contributed by atoms with van der Waals surface area (Å²) in [6.07, 6.45) is 4.31. The Hall–Kier alpha value is -2.21. The second kappa shape index (κ2) is 7.57. The van der Waals surface area contributed by atoms with Crippen LogP contribution in [0.3, 0.4) is 0 Å². The van der Waals surface area contributed by atoms with E-state index in [1.165, 1.54) is 0 Å². The Morgan fingerprint density at radius 1 is 0.958 bits per heavy atom. The highest BCUT2D eigenvalue weighted by atomic mass is 79.9. The van der Waals surface area contributed by atoms with Crippen molar-refractivity contribution in [2.24, 2.45) is 0 Å². The van der Waals surface area contributed by atoms with Crippen molar-refractivity contribution in [3.8, 4) is 0 Å². The summed E-state index contributed by atoms with van der Waals surface area (Å²) >= 11 is 3.38. The van der Waals surface area contributed by atoms with Gasteiger partial charge in [0, 0.05) is 10.5 Å². The van der Waals surface area contributed by atoms with E-state index < -0.39 is 0 Å².